The number of ether oxygens (including phenoxy) is 1. The van der Waals surface area contributed by atoms with E-state index in [0.29, 0.717) is 0 Å². The summed E-state index contributed by atoms with van der Waals surface area (Å²) in [5, 5.41) is 0. The van der Waals surface area contributed by atoms with Crippen LogP contribution in [0, 0.1) is 12.8 Å². The molecule has 0 rings (SSSR count). The van der Waals surface area contributed by atoms with Gasteiger partial charge in [-0.15, -0.1) is 0 Å². The minimum Gasteiger partial charge on any atom is -0.381 e. The molecule has 0 atom stereocenters. The first-order valence-corrected chi connectivity index (χ1v) is 5.22. The van der Waals surface area contributed by atoms with Crippen LogP contribution >= 0.6 is 0 Å². The van der Waals surface area contributed by atoms with Crippen LogP contribution in [0.1, 0.15) is 46.0 Å². The van der Waals surface area contributed by atoms with Gasteiger partial charge in [0.05, 0.1) is 0 Å². The van der Waals surface area contributed by atoms with Gasteiger partial charge in [-0.25, -0.2) is 0 Å². The van der Waals surface area contributed by atoms with E-state index in [1.54, 1.807) is 0 Å². The van der Waals surface area contributed by atoms with Gasteiger partial charge in [-0.1, -0.05) is 40.0 Å². The summed E-state index contributed by atoms with van der Waals surface area (Å²) in [6.07, 6.45) is 5.89. The van der Waals surface area contributed by atoms with Gasteiger partial charge in [0, 0.05) is 13.2 Å². The summed E-state index contributed by atoms with van der Waals surface area (Å²) >= 11 is 0. The molecule has 0 aromatic heterocycles. The lowest BCUT2D eigenvalue weighted by Gasteiger charge is -2.11. The Morgan fingerprint density at radius 1 is 1.17 bits per heavy atom. The van der Waals surface area contributed by atoms with Crippen LogP contribution in [0.2, 0.25) is 0 Å². The molecule has 0 heterocycles. The van der Waals surface area contributed by atoms with E-state index in [2.05, 4.69) is 20.8 Å². The van der Waals surface area contributed by atoms with Crippen molar-refractivity contribution in [3.05, 3.63) is 6.92 Å². The SMILES string of the molecule is [CH2]CCCOCCC(CC)CC. The minimum atomic E-state index is 0.866. The van der Waals surface area contributed by atoms with Crippen molar-refractivity contribution in [3.63, 3.8) is 0 Å². The van der Waals surface area contributed by atoms with Crippen molar-refractivity contribution in [2.75, 3.05) is 13.2 Å². The van der Waals surface area contributed by atoms with E-state index in [0.717, 1.165) is 32.0 Å². The molecule has 0 aliphatic carbocycles. The van der Waals surface area contributed by atoms with Gasteiger partial charge in [0.1, 0.15) is 0 Å². The highest BCUT2D eigenvalue weighted by Gasteiger charge is 2.01. The Hall–Kier alpha value is -0.0400. The van der Waals surface area contributed by atoms with E-state index >= 15 is 0 Å². The zero-order valence-corrected chi connectivity index (χ0v) is 8.64. The molecule has 0 bridgehead atoms. The summed E-state index contributed by atoms with van der Waals surface area (Å²) in [5.41, 5.74) is 0. The second-order valence-corrected chi connectivity index (χ2v) is 3.29. The number of unbranched alkanes of at least 4 members (excludes halogenated alkanes) is 1. The molecule has 0 saturated heterocycles. The highest BCUT2D eigenvalue weighted by atomic mass is 16.5. The van der Waals surface area contributed by atoms with E-state index < -0.39 is 0 Å². The average Bonchev–Trinajstić information content (AvgIpc) is 2.11. The van der Waals surface area contributed by atoms with Crippen LogP contribution in [0.15, 0.2) is 0 Å². The van der Waals surface area contributed by atoms with Gasteiger partial charge in [-0.2, -0.15) is 0 Å². The zero-order chi connectivity index (χ0) is 9.23. The molecule has 12 heavy (non-hydrogen) atoms. The molecule has 0 aromatic carbocycles. The Bertz CT molecular complexity index is 77.1. The molecule has 1 nitrogen and oxygen atoms in total. The fraction of sp³-hybridized carbons (Fsp3) is 0.909. The maximum Gasteiger partial charge on any atom is 0.0468 e. The fourth-order valence-electron chi connectivity index (χ4n) is 1.25. The zero-order valence-electron chi connectivity index (χ0n) is 8.64. The molecule has 0 N–H and O–H groups in total. The van der Waals surface area contributed by atoms with Gasteiger partial charge >= 0.3 is 0 Å². The van der Waals surface area contributed by atoms with Gasteiger partial charge < -0.3 is 4.74 Å². The highest BCUT2D eigenvalue weighted by molar-refractivity contribution is 4.53. The van der Waals surface area contributed by atoms with Crippen LogP contribution < -0.4 is 0 Å². The summed E-state index contributed by atoms with van der Waals surface area (Å²) < 4.78 is 5.47. The van der Waals surface area contributed by atoms with Crippen LogP contribution in [0.3, 0.4) is 0 Å². The average molecular weight is 171 g/mol. The van der Waals surface area contributed by atoms with Crippen LogP contribution in [-0.2, 0) is 4.74 Å². The second-order valence-electron chi connectivity index (χ2n) is 3.29. The molecule has 0 saturated carbocycles. The lowest BCUT2D eigenvalue weighted by atomic mass is 10.0. The number of hydrogen-bond acceptors (Lipinski definition) is 1. The maximum atomic E-state index is 5.47. The standard InChI is InChI=1S/C11H23O/c1-4-7-9-12-10-8-11(5-2)6-3/h11H,1,4-10H2,2-3H3. The Labute approximate surface area is 77.5 Å². The van der Waals surface area contributed by atoms with E-state index in [-0.39, 0.29) is 0 Å². The molecular weight excluding hydrogens is 148 g/mol. The van der Waals surface area contributed by atoms with Gasteiger partial charge in [0.25, 0.3) is 0 Å². The van der Waals surface area contributed by atoms with Gasteiger partial charge in [0.15, 0.2) is 0 Å². The molecule has 0 aliphatic rings. The van der Waals surface area contributed by atoms with Crippen LogP contribution in [0.25, 0.3) is 0 Å². The molecule has 0 spiro atoms. The molecule has 0 unspecified atom stereocenters. The molecule has 73 valence electrons. The Kier molecular flexibility index (Phi) is 9.02. The van der Waals surface area contributed by atoms with Crippen molar-refractivity contribution in [3.8, 4) is 0 Å². The second kappa shape index (κ2) is 9.05. The summed E-state index contributed by atoms with van der Waals surface area (Å²) in [6.45, 7) is 10.1. The highest BCUT2D eigenvalue weighted by Crippen LogP contribution is 2.11. The first-order chi connectivity index (χ1) is 5.85. The maximum absolute atomic E-state index is 5.47. The van der Waals surface area contributed by atoms with Crippen molar-refractivity contribution < 1.29 is 4.74 Å². The topological polar surface area (TPSA) is 9.23 Å². The van der Waals surface area contributed by atoms with Gasteiger partial charge in [-0.3, -0.25) is 0 Å². The van der Waals surface area contributed by atoms with Gasteiger partial charge in [0.2, 0.25) is 0 Å². The molecule has 1 heteroatoms. The van der Waals surface area contributed by atoms with E-state index in [4.69, 9.17) is 4.74 Å². The van der Waals surface area contributed by atoms with E-state index in [1.807, 2.05) is 0 Å². The van der Waals surface area contributed by atoms with E-state index in [1.165, 1.54) is 19.3 Å². The van der Waals surface area contributed by atoms with E-state index in [9.17, 15) is 0 Å². The van der Waals surface area contributed by atoms with Crippen LogP contribution in [0.5, 0.6) is 0 Å². The van der Waals surface area contributed by atoms with Crippen molar-refractivity contribution in [1.29, 1.82) is 0 Å². The predicted molar refractivity (Wildman–Crippen MR) is 54.1 cm³/mol. The van der Waals surface area contributed by atoms with Crippen molar-refractivity contribution in [2.24, 2.45) is 5.92 Å². The van der Waals surface area contributed by atoms with Gasteiger partial charge in [-0.05, 0) is 18.8 Å². The predicted octanol–water partition coefficient (Wildman–Crippen LogP) is 3.44. The van der Waals surface area contributed by atoms with Crippen molar-refractivity contribution in [1.82, 2.24) is 0 Å². The summed E-state index contributed by atoms with van der Waals surface area (Å²) in [5.74, 6) is 0.866. The summed E-state index contributed by atoms with van der Waals surface area (Å²) in [4.78, 5) is 0. The number of hydrogen-bond donors (Lipinski definition) is 0. The fourth-order valence-corrected chi connectivity index (χ4v) is 1.25. The Morgan fingerprint density at radius 3 is 2.33 bits per heavy atom. The van der Waals surface area contributed by atoms with Crippen LogP contribution in [0.4, 0.5) is 0 Å². The third kappa shape index (κ3) is 6.66. The lowest BCUT2D eigenvalue weighted by molar-refractivity contribution is 0.117. The first kappa shape index (κ1) is 12.0. The summed E-state index contributed by atoms with van der Waals surface area (Å²) in [7, 11) is 0. The first-order valence-electron chi connectivity index (χ1n) is 5.22. The normalized spacial score (nSPS) is 11.0. The quantitative estimate of drug-likeness (QED) is 0.508. The Morgan fingerprint density at radius 2 is 1.83 bits per heavy atom. The molecule has 0 amide bonds. The molecule has 0 aromatic rings. The largest absolute Gasteiger partial charge is 0.381 e. The third-order valence-electron chi connectivity index (χ3n) is 2.36. The monoisotopic (exact) mass is 171 g/mol. The van der Waals surface area contributed by atoms with Crippen LogP contribution in [-0.4, -0.2) is 13.2 Å². The smallest absolute Gasteiger partial charge is 0.0468 e. The van der Waals surface area contributed by atoms with Crippen molar-refractivity contribution >= 4 is 0 Å². The summed E-state index contributed by atoms with van der Waals surface area (Å²) in [6, 6.07) is 0. The molecule has 0 aliphatic heterocycles. The molecular formula is C11H23O. The lowest BCUT2D eigenvalue weighted by Crippen LogP contribution is -2.04. The van der Waals surface area contributed by atoms with Crippen molar-refractivity contribution in [2.45, 2.75) is 46.0 Å². The molecule has 1 radical (unpaired) electrons. The number of rotatable bonds is 8. The third-order valence-corrected chi connectivity index (χ3v) is 2.36. The minimum absolute atomic E-state index is 0.866. The molecule has 0 fully saturated rings. The Balaban J connectivity index is 3.06.